The van der Waals surface area contributed by atoms with E-state index in [1.165, 1.54) is 0 Å². The number of nitrogens with one attached hydrogen (secondary N) is 1. The first-order valence-electron chi connectivity index (χ1n) is 6.69. The molecule has 0 atom stereocenters. The Balaban J connectivity index is 3.11. The van der Waals surface area contributed by atoms with Gasteiger partial charge in [0.2, 0.25) is 10.0 Å². The molecule has 0 aliphatic carbocycles. The van der Waals surface area contributed by atoms with Crippen LogP contribution in [0.5, 0.6) is 0 Å². The molecule has 0 spiro atoms. The Morgan fingerprint density at radius 3 is 2.45 bits per heavy atom. The molecule has 0 unspecified atom stereocenters. The summed E-state index contributed by atoms with van der Waals surface area (Å²) < 4.78 is 27.1. The molecule has 5 nitrogen and oxygen atoms in total. The zero-order valence-corrected chi connectivity index (χ0v) is 13.4. The molecule has 0 fully saturated rings. The smallest absolute Gasteiger partial charge is 0.242 e. The molecule has 2 N–H and O–H groups in total. The average molecular weight is 300 g/mol. The Labute approximate surface area is 121 Å². The first-order valence-corrected chi connectivity index (χ1v) is 8.18. The largest absolute Gasteiger partial charge is 0.389 e. The van der Waals surface area contributed by atoms with Crippen LogP contribution in [0.15, 0.2) is 29.2 Å². The van der Waals surface area contributed by atoms with E-state index in [0.717, 1.165) is 6.42 Å². The number of hydrogen-bond donors (Lipinski definition) is 2. The normalized spacial score (nSPS) is 12.4. The molecule has 0 aromatic heterocycles. The van der Waals surface area contributed by atoms with Crippen molar-refractivity contribution < 1.29 is 13.5 Å². The minimum absolute atomic E-state index is 0.236. The van der Waals surface area contributed by atoms with Gasteiger partial charge >= 0.3 is 0 Å². The number of likely N-dealkylation sites (N-methyl/N-ethyl adjacent to an activating group) is 1. The van der Waals surface area contributed by atoms with Crippen molar-refractivity contribution in [3.63, 3.8) is 0 Å². The molecule has 0 aliphatic rings. The van der Waals surface area contributed by atoms with Gasteiger partial charge in [0.1, 0.15) is 4.90 Å². The summed E-state index contributed by atoms with van der Waals surface area (Å²) in [4.78, 5) is 1.99. The third kappa shape index (κ3) is 4.77. The highest BCUT2D eigenvalue weighted by Gasteiger charge is 2.22. The van der Waals surface area contributed by atoms with Gasteiger partial charge in [-0.2, -0.15) is 0 Å². The maximum absolute atomic E-state index is 12.3. The van der Waals surface area contributed by atoms with Crippen molar-refractivity contribution in [3.05, 3.63) is 24.3 Å². The molecule has 0 saturated carbocycles. The fraction of sp³-hybridized carbons (Fsp3) is 0.571. The lowest BCUT2D eigenvalue weighted by atomic mass is 10.1. The SMILES string of the molecule is CCCNS(=O)(=O)c1ccccc1N(C)CC(C)(C)O. The molecule has 1 rings (SSSR count). The van der Waals surface area contributed by atoms with E-state index < -0.39 is 15.6 Å². The van der Waals surface area contributed by atoms with Gasteiger partial charge < -0.3 is 10.0 Å². The molecule has 1 aromatic rings. The lowest BCUT2D eigenvalue weighted by molar-refractivity contribution is 0.0885. The monoisotopic (exact) mass is 300 g/mol. The third-order valence-electron chi connectivity index (χ3n) is 2.73. The molecule has 0 radical (unpaired) electrons. The molecule has 1 aromatic carbocycles. The van der Waals surface area contributed by atoms with Crippen LogP contribution < -0.4 is 9.62 Å². The lowest BCUT2D eigenvalue weighted by Gasteiger charge is -2.28. The number of sulfonamides is 1. The minimum Gasteiger partial charge on any atom is -0.389 e. The van der Waals surface area contributed by atoms with Crippen molar-refractivity contribution in [3.8, 4) is 0 Å². The second-order valence-electron chi connectivity index (χ2n) is 5.53. The summed E-state index contributed by atoms with van der Waals surface area (Å²) >= 11 is 0. The van der Waals surface area contributed by atoms with Crippen LogP contribution in [0.4, 0.5) is 5.69 Å². The van der Waals surface area contributed by atoms with Crippen molar-refractivity contribution >= 4 is 15.7 Å². The summed E-state index contributed by atoms with van der Waals surface area (Å²) in [6, 6.07) is 6.80. The maximum atomic E-state index is 12.3. The summed E-state index contributed by atoms with van der Waals surface area (Å²) in [6.07, 6.45) is 0.737. The van der Waals surface area contributed by atoms with Gasteiger partial charge in [-0.3, -0.25) is 0 Å². The van der Waals surface area contributed by atoms with Gasteiger partial charge in [0.25, 0.3) is 0 Å². The standard InChI is InChI=1S/C14H24N2O3S/c1-5-10-15-20(18,19)13-9-7-6-8-12(13)16(4)11-14(2,3)17/h6-9,15,17H,5,10-11H2,1-4H3. The Kier molecular flexibility index (Phi) is 5.56. The number of aliphatic hydroxyl groups is 1. The van der Waals surface area contributed by atoms with Crippen molar-refractivity contribution in [1.82, 2.24) is 4.72 Å². The summed E-state index contributed by atoms with van der Waals surface area (Å²) in [7, 11) is -1.76. The van der Waals surface area contributed by atoms with E-state index in [0.29, 0.717) is 18.8 Å². The summed E-state index contributed by atoms with van der Waals surface area (Å²) in [5.74, 6) is 0. The summed E-state index contributed by atoms with van der Waals surface area (Å²) in [5, 5.41) is 9.88. The predicted molar refractivity (Wildman–Crippen MR) is 81.5 cm³/mol. The molecule has 20 heavy (non-hydrogen) atoms. The Bertz CT molecular complexity index is 536. The van der Waals surface area contributed by atoms with Crippen LogP contribution >= 0.6 is 0 Å². The number of benzene rings is 1. The second-order valence-corrected chi connectivity index (χ2v) is 7.27. The highest BCUT2D eigenvalue weighted by molar-refractivity contribution is 7.89. The summed E-state index contributed by atoms with van der Waals surface area (Å²) in [5.41, 5.74) is -0.319. The number of anilines is 1. The Morgan fingerprint density at radius 2 is 1.90 bits per heavy atom. The van der Waals surface area contributed by atoms with Gasteiger partial charge in [-0.25, -0.2) is 13.1 Å². The maximum Gasteiger partial charge on any atom is 0.242 e. The molecule has 0 bridgehead atoms. The highest BCUT2D eigenvalue weighted by Crippen LogP contribution is 2.25. The fourth-order valence-electron chi connectivity index (χ4n) is 1.98. The van der Waals surface area contributed by atoms with Crippen LogP contribution in [0.1, 0.15) is 27.2 Å². The Morgan fingerprint density at radius 1 is 1.30 bits per heavy atom. The molecule has 114 valence electrons. The summed E-state index contributed by atoms with van der Waals surface area (Å²) in [6.45, 7) is 6.04. The van der Waals surface area contributed by atoms with Crippen molar-refractivity contribution in [1.29, 1.82) is 0 Å². The van der Waals surface area contributed by atoms with Crippen LogP contribution in [0.25, 0.3) is 0 Å². The number of para-hydroxylation sites is 1. The van der Waals surface area contributed by atoms with E-state index in [9.17, 15) is 13.5 Å². The highest BCUT2D eigenvalue weighted by atomic mass is 32.2. The first kappa shape index (κ1) is 16.9. The minimum atomic E-state index is -3.53. The number of rotatable bonds is 7. The molecule has 0 heterocycles. The van der Waals surface area contributed by atoms with E-state index in [1.54, 1.807) is 50.1 Å². The van der Waals surface area contributed by atoms with Crippen LogP contribution in [-0.4, -0.2) is 39.3 Å². The van der Waals surface area contributed by atoms with E-state index in [-0.39, 0.29) is 4.90 Å². The van der Waals surface area contributed by atoms with Crippen LogP contribution in [0, 0.1) is 0 Å². The molecule has 0 saturated heterocycles. The number of nitrogens with zero attached hydrogens (tertiary/aromatic N) is 1. The molecule has 0 amide bonds. The van der Waals surface area contributed by atoms with Gasteiger partial charge in [0.05, 0.1) is 11.3 Å². The van der Waals surface area contributed by atoms with Gasteiger partial charge in [0.15, 0.2) is 0 Å². The van der Waals surface area contributed by atoms with Gasteiger partial charge in [0, 0.05) is 20.1 Å². The third-order valence-corrected chi connectivity index (χ3v) is 4.24. The van der Waals surface area contributed by atoms with Crippen LogP contribution in [-0.2, 0) is 10.0 Å². The predicted octanol–water partition coefficient (Wildman–Crippen LogP) is 1.58. The van der Waals surface area contributed by atoms with Crippen molar-refractivity contribution in [2.24, 2.45) is 0 Å². The van der Waals surface area contributed by atoms with Crippen molar-refractivity contribution in [2.45, 2.75) is 37.7 Å². The molecule has 0 aliphatic heterocycles. The van der Waals surface area contributed by atoms with Gasteiger partial charge in [-0.05, 0) is 32.4 Å². The van der Waals surface area contributed by atoms with E-state index in [1.807, 2.05) is 6.92 Å². The van der Waals surface area contributed by atoms with E-state index in [2.05, 4.69) is 4.72 Å². The van der Waals surface area contributed by atoms with E-state index in [4.69, 9.17) is 0 Å². The zero-order chi connectivity index (χ0) is 15.4. The fourth-order valence-corrected chi connectivity index (χ4v) is 3.36. The number of hydrogen-bond acceptors (Lipinski definition) is 4. The molecule has 6 heteroatoms. The average Bonchev–Trinajstić information content (AvgIpc) is 2.34. The zero-order valence-electron chi connectivity index (χ0n) is 12.5. The Hall–Kier alpha value is -1.11. The van der Waals surface area contributed by atoms with Crippen LogP contribution in [0.3, 0.4) is 0 Å². The molecular formula is C14H24N2O3S. The topological polar surface area (TPSA) is 69.6 Å². The lowest BCUT2D eigenvalue weighted by Crippen LogP contribution is -2.37. The quantitative estimate of drug-likeness (QED) is 0.802. The molecular weight excluding hydrogens is 276 g/mol. The van der Waals surface area contributed by atoms with Gasteiger partial charge in [-0.15, -0.1) is 0 Å². The van der Waals surface area contributed by atoms with Gasteiger partial charge in [-0.1, -0.05) is 19.1 Å². The second kappa shape index (κ2) is 6.56. The van der Waals surface area contributed by atoms with E-state index >= 15 is 0 Å². The van der Waals surface area contributed by atoms with Crippen LogP contribution in [0.2, 0.25) is 0 Å². The van der Waals surface area contributed by atoms with Crippen molar-refractivity contribution in [2.75, 3.05) is 25.0 Å². The first-order chi connectivity index (χ1) is 9.17.